The number of nitrogens with one attached hydrogen (secondary N) is 2. The number of halogens is 1. The smallest absolute Gasteiger partial charge is 0.170 e. The SMILES string of the molecule is Cc1ccccc1Cn1cc(NC(=S)NCCCn2cc(Cl)c(C)n2)cn1. The Balaban J connectivity index is 1.42. The Labute approximate surface area is 169 Å². The first-order valence-corrected chi connectivity index (χ1v) is 9.61. The first-order chi connectivity index (χ1) is 13.0. The Hall–Kier alpha value is -2.38. The summed E-state index contributed by atoms with van der Waals surface area (Å²) in [5.74, 6) is 0. The van der Waals surface area contributed by atoms with Crippen molar-refractivity contribution in [1.29, 1.82) is 0 Å². The van der Waals surface area contributed by atoms with Crippen molar-refractivity contribution >= 4 is 34.6 Å². The highest BCUT2D eigenvalue weighted by molar-refractivity contribution is 7.80. The molecule has 0 fully saturated rings. The lowest BCUT2D eigenvalue weighted by atomic mass is 10.1. The van der Waals surface area contributed by atoms with E-state index in [1.165, 1.54) is 11.1 Å². The van der Waals surface area contributed by atoms with E-state index in [9.17, 15) is 0 Å². The van der Waals surface area contributed by atoms with Gasteiger partial charge in [0.15, 0.2) is 5.11 Å². The van der Waals surface area contributed by atoms with E-state index in [-0.39, 0.29) is 0 Å². The Kier molecular flexibility index (Phi) is 6.47. The molecule has 0 bridgehead atoms. The van der Waals surface area contributed by atoms with E-state index in [0.29, 0.717) is 10.1 Å². The predicted octanol–water partition coefficient (Wildman–Crippen LogP) is 3.77. The Morgan fingerprint density at radius 1 is 1.19 bits per heavy atom. The van der Waals surface area contributed by atoms with Crippen LogP contribution < -0.4 is 10.6 Å². The molecule has 3 aromatic rings. The fourth-order valence-corrected chi connectivity index (χ4v) is 3.07. The summed E-state index contributed by atoms with van der Waals surface area (Å²) in [6.45, 7) is 6.28. The van der Waals surface area contributed by atoms with E-state index in [2.05, 4.69) is 39.9 Å². The van der Waals surface area contributed by atoms with Crippen LogP contribution in [0.25, 0.3) is 0 Å². The molecule has 0 aliphatic heterocycles. The number of anilines is 1. The normalized spacial score (nSPS) is 10.8. The largest absolute Gasteiger partial charge is 0.362 e. The molecular formula is C19H23ClN6S. The van der Waals surface area contributed by atoms with Crippen LogP contribution >= 0.6 is 23.8 Å². The minimum Gasteiger partial charge on any atom is -0.362 e. The molecule has 0 saturated heterocycles. The van der Waals surface area contributed by atoms with Gasteiger partial charge in [-0.3, -0.25) is 9.36 Å². The quantitative estimate of drug-likeness (QED) is 0.465. The summed E-state index contributed by atoms with van der Waals surface area (Å²) in [6, 6.07) is 8.31. The summed E-state index contributed by atoms with van der Waals surface area (Å²) in [7, 11) is 0. The molecule has 1 aromatic carbocycles. The molecule has 2 aromatic heterocycles. The first-order valence-electron chi connectivity index (χ1n) is 8.82. The minimum absolute atomic E-state index is 0.583. The van der Waals surface area contributed by atoms with Crippen LogP contribution in [0.1, 0.15) is 23.2 Å². The topological polar surface area (TPSA) is 59.7 Å². The van der Waals surface area contributed by atoms with Gasteiger partial charge in [-0.25, -0.2) is 0 Å². The monoisotopic (exact) mass is 402 g/mol. The van der Waals surface area contributed by atoms with Crippen LogP contribution in [0, 0.1) is 13.8 Å². The number of aryl methyl sites for hydroxylation is 3. The van der Waals surface area contributed by atoms with Gasteiger partial charge in [0.25, 0.3) is 0 Å². The van der Waals surface area contributed by atoms with E-state index in [0.717, 1.165) is 37.4 Å². The van der Waals surface area contributed by atoms with E-state index in [1.807, 2.05) is 40.8 Å². The maximum atomic E-state index is 6.01. The number of thiocarbonyl (C=S) groups is 1. The second-order valence-electron chi connectivity index (χ2n) is 6.41. The zero-order chi connectivity index (χ0) is 19.2. The van der Waals surface area contributed by atoms with E-state index >= 15 is 0 Å². The number of nitrogens with zero attached hydrogens (tertiary/aromatic N) is 4. The van der Waals surface area contributed by atoms with Gasteiger partial charge in [0.1, 0.15) is 0 Å². The molecule has 8 heteroatoms. The molecule has 0 aliphatic carbocycles. The molecule has 3 rings (SSSR count). The molecule has 0 unspecified atom stereocenters. The van der Waals surface area contributed by atoms with Gasteiger partial charge >= 0.3 is 0 Å². The second kappa shape index (κ2) is 9.01. The van der Waals surface area contributed by atoms with Gasteiger partial charge in [-0.05, 0) is 43.6 Å². The van der Waals surface area contributed by atoms with Crippen molar-refractivity contribution in [2.75, 3.05) is 11.9 Å². The summed E-state index contributed by atoms with van der Waals surface area (Å²) >= 11 is 11.4. The molecule has 6 nitrogen and oxygen atoms in total. The highest BCUT2D eigenvalue weighted by Gasteiger charge is 2.04. The van der Waals surface area contributed by atoms with Crippen molar-refractivity contribution < 1.29 is 0 Å². The molecule has 0 spiro atoms. The third-order valence-electron chi connectivity index (χ3n) is 4.22. The maximum absolute atomic E-state index is 6.01. The highest BCUT2D eigenvalue weighted by atomic mass is 35.5. The number of hydrogen-bond acceptors (Lipinski definition) is 3. The predicted molar refractivity (Wildman–Crippen MR) is 113 cm³/mol. The summed E-state index contributed by atoms with van der Waals surface area (Å²) in [5, 5.41) is 16.4. The fraction of sp³-hybridized carbons (Fsp3) is 0.316. The van der Waals surface area contributed by atoms with Gasteiger partial charge in [0, 0.05) is 25.5 Å². The van der Waals surface area contributed by atoms with Crippen molar-refractivity contribution in [3.8, 4) is 0 Å². The zero-order valence-electron chi connectivity index (χ0n) is 15.4. The molecule has 2 N–H and O–H groups in total. The third-order valence-corrected chi connectivity index (χ3v) is 4.84. The average Bonchev–Trinajstić information content (AvgIpc) is 3.20. The molecule has 27 heavy (non-hydrogen) atoms. The number of aromatic nitrogens is 4. The van der Waals surface area contributed by atoms with Crippen molar-refractivity contribution in [3.05, 3.63) is 64.7 Å². The molecule has 0 saturated carbocycles. The van der Waals surface area contributed by atoms with Crippen LogP contribution in [0.5, 0.6) is 0 Å². The number of rotatable bonds is 7. The summed E-state index contributed by atoms with van der Waals surface area (Å²) in [6.07, 6.45) is 6.47. The van der Waals surface area contributed by atoms with E-state index < -0.39 is 0 Å². The molecular weight excluding hydrogens is 380 g/mol. The van der Waals surface area contributed by atoms with Crippen LogP contribution in [-0.2, 0) is 13.1 Å². The zero-order valence-corrected chi connectivity index (χ0v) is 17.0. The van der Waals surface area contributed by atoms with Gasteiger partial charge in [0.2, 0.25) is 0 Å². The summed E-state index contributed by atoms with van der Waals surface area (Å²) < 4.78 is 3.75. The van der Waals surface area contributed by atoms with Crippen LogP contribution in [0.15, 0.2) is 42.9 Å². The second-order valence-corrected chi connectivity index (χ2v) is 7.23. The minimum atomic E-state index is 0.583. The lowest BCUT2D eigenvalue weighted by molar-refractivity contribution is 0.570. The van der Waals surface area contributed by atoms with Crippen LogP contribution in [0.4, 0.5) is 5.69 Å². The van der Waals surface area contributed by atoms with Gasteiger partial charge in [0.05, 0.1) is 29.1 Å². The third kappa shape index (κ3) is 5.55. The maximum Gasteiger partial charge on any atom is 0.170 e. The first kappa shape index (κ1) is 19.4. The lowest BCUT2D eigenvalue weighted by Gasteiger charge is -2.09. The molecule has 2 heterocycles. The molecule has 0 aliphatic rings. The van der Waals surface area contributed by atoms with Crippen molar-refractivity contribution in [3.63, 3.8) is 0 Å². The molecule has 0 amide bonds. The van der Waals surface area contributed by atoms with Gasteiger partial charge in [-0.1, -0.05) is 35.9 Å². The van der Waals surface area contributed by atoms with Crippen molar-refractivity contribution in [2.24, 2.45) is 0 Å². The standard InChI is InChI=1S/C19H23ClN6S/c1-14-6-3-4-7-16(14)11-26-12-17(10-22-26)23-19(27)21-8-5-9-25-13-18(20)15(2)24-25/h3-4,6-7,10,12-13H,5,8-9,11H2,1-2H3,(H2,21,23,27). The van der Waals surface area contributed by atoms with E-state index in [1.54, 1.807) is 6.20 Å². The van der Waals surface area contributed by atoms with Crippen LogP contribution in [0.2, 0.25) is 5.02 Å². The lowest BCUT2D eigenvalue weighted by Crippen LogP contribution is -2.29. The van der Waals surface area contributed by atoms with Gasteiger partial charge in [-0.15, -0.1) is 0 Å². The summed E-state index contributed by atoms with van der Waals surface area (Å²) in [4.78, 5) is 0. The Morgan fingerprint density at radius 3 is 2.74 bits per heavy atom. The average molecular weight is 403 g/mol. The van der Waals surface area contributed by atoms with E-state index in [4.69, 9.17) is 23.8 Å². The van der Waals surface area contributed by atoms with Crippen LogP contribution in [0.3, 0.4) is 0 Å². The van der Waals surface area contributed by atoms with Crippen molar-refractivity contribution in [1.82, 2.24) is 24.9 Å². The number of hydrogen-bond donors (Lipinski definition) is 2. The fourth-order valence-electron chi connectivity index (χ4n) is 2.70. The Morgan fingerprint density at radius 2 is 2.00 bits per heavy atom. The number of benzene rings is 1. The highest BCUT2D eigenvalue weighted by Crippen LogP contribution is 2.12. The molecule has 0 atom stereocenters. The molecule has 0 radical (unpaired) electrons. The molecule has 142 valence electrons. The van der Waals surface area contributed by atoms with Crippen LogP contribution in [-0.4, -0.2) is 31.2 Å². The Bertz CT molecular complexity index is 897. The van der Waals surface area contributed by atoms with Gasteiger partial charge in [-0.2, -0.15) is 10.2 Å². The summed E-state index contributed by atoms with van der Waals surface area (Å²) in [5.41, 5.74) is 4.23. The van der Waals surface area contributed by atoms with Crippen molar-refractivity contribution in [2.45, 2.75) is 33.4 Å². The van der Waals surface area contributed by atoms with Gasteiger partial charge < -0.3 is 10.6 Å².